The number of fused-ring (bicyclic) bond motifs is 1. The van der Waals surface area contributed by atoms with Crippen LogP contribution in [0.25, 0.3) is 16.9 Å². The minimum absolute atomic E-state index is 0.952. The summed E-state index contributed by atoms with van der Waals surface area (Å²) in [6.45, 7) is 0. The van der Waals surface area contributed by atoms with E-state index in [9.17, 15) is 0 Å². The van der Waals surface area contributed by atoms with Gasteiger partial charge in [0.15, 0.2) is 0 Å². The largest absolute Gasteiger partial charge is 0.306 e. The van der Waals surface area contributed by atoms with Crippen molar-refractivity contribution in [3.63, 3.8) is 0 Å². The Balaban J connectivity index is 2.14. The van der Waals surface area contributed by atoms with Crippen molar-refractivity contribution in [2.24, 2.45) is 0 Å². The van der Waals surface area contributed by atoms with Gasteiger partial charge in [0.25, 0.3) is 0 Å². The van der Waals surface area contributed by atoms with E-state index in [0.717, 1.165) is 21.4 Å². The van der Waals surface area contributed by atoms with Gasteiger partial charge in [0, 0.05) is 26.0 Å². The third-order valence-electron chi connectivity index (χ3n) is 2.56. The molecule has 2 aromatic heterocycles. The Hall–Kier alpha value is -0.880. The van der Waals surface area contributed by atoms with Crippen LogP contribution in [0.1, 0.15) is 0 Å². The van der Waals surface area contributed by atoms with Crippen LogP contribution in [-0.2, 0) is 0 Å². The Morgan fingerprint density at radius 2 is 1.88 bits per heavy atom. The Labute approximate surface area is 121 Å². The smallest absolute Gasteiger partial charge is 0.138 e. The molecule has 0 fully saturated rings. The van der Waals surface area contributed by atoms with Crippen LogP contribution in [0.15, 0.2) is 53.3 Å². The number of rotatable bonds is 1. The Bertz CT molecular complexity index is 673. The number of halogens is 2. The van der Waals surface area contributed by atoms with Crippen LogP contribution in [0.5, 0.6) is 0 Å². The fourth-order valence-electron chi connectivity index (χ4n) is 1.72. The number of nitrogens with zero attached hydrogens (tertiary/aromatic N) is 2. The van der Waals surface area contributed by atoms with E-state index < -0.39 is 0 Å². The van der Waals surface area contributed by atoms with Gasteiger partial charge in [-0.05, 0) is 46.9 Å². The average molecular weight is 399 g/mol. The summed E-state index contributed by atoms with van der Waals surface area (Å²) < 4.78 is 4.31. The molecule has 1 aromatic carbocycles. The quantitative estimate of drug-likeness (QED) is 0.556. The second-order valence-corrected chi connectivity index (χ2v) is 5.90. The highest BCUT2D eigenvalue weighted by atomic mass is 127. The van der Waals surface area contributed by atoms with Gasteiger partial charge in [-0.2, -0.15) is 0 Å². The minimum atomic E-state index is 0.952. The van der Waals surface area contributed by atoms with Crippen molar-refractivity contribution < 1.29 is 0 Å². The van der Waals surface area contributed by atoms with Gasteiger partial charge < -0.3 is 4.40 Å². The average Bonchev–Trinajstić information content (AvgIpc) is 2.72. The number of hydrogen-bond acceptors (Lipinski definition) is 1. The lowest BCUT2D eigenvalue weighted by atomic mass is 10.2. The van der Waals surface area contributed by atoms with Gasteiger partial charge in [-0.1, -0.05) is 28.1 Å². The molecule has 17 heavy (non-hydrogen) atoms. The number of aromatic nitrogens is 2. The van der Waals surface area contributed by atoms with E-state index in [1.807, 2.05) is 28.9 Å². The highest BCUT2D eigenvalue weighted by Crippen LogP contribution is 2.21. The van der Waals surface area contributed by atoms with Crippen molar-refractivity contribution in [1.29, 1.82) is 0 Å². The Morgan fingerprint density at radius 1 is 1.12 bits per heavy atom. The Kier molecular flexibility index (Phi) is 2.92. The maximum Gasteiger partial charge on any atom is 0.138 e. The van der Waals surface area contributed by atoms with Crippen LogP contribution in [0.4, 0.5) is 0 Å². The topological polar surface area (TPSA) is 17.3 Å². The van der Waals surface area contributed by atoms with Gasteiger partial charge in [0.1, 0.15) is 5.65 Å². The van der Waals surface area contributed by atoms with Crippen molar-refractivity contribution >= 4 is 44.2 Å². The van der Waals surface area contributed by atoms with E-state index >= 15 is 0 Å². The fourth-order valence-corrected chi connectivity index (χ4v) is 2.40. The van der Waals surface area contributed by atoms with Gasteiger partial charge in [0.05, 0.1) is 5.69 Å². The molecule has 0 N–H and O–H groups in total. The SMILES string of the molecule is Brc1ccn2cc(-c3ccc(I)cc3)nc2c1. The number of benzene rings is 1. The molecule has 0 saturated carbocycles. The Morgan fingerprint density at radius 3 is 2.65 bits per heavy atom. The normalized spacial score (nSPS) is 10.9. The van der Waals surface area contributed by atoms with Crippen LogP contribution in [0, 0.1) is 3.57 Å². The van der Waals surface area contributed by atoms with Crippen LogP contribution in [0.2, 0.25) is 0 Å². The highest BCUT2D eigenvalue weighted by molar-refractivity contribution is 14.1. The predicted molar refractivity (Wildman–Crippen MR) is 81.0 cm³/mol. The van der Waals surface area contributed by atoms with Gasteiger partial charge in [0.2, 0.25) is 0 Å². The fraction of sp³-hybridized carbons (Fsp3) is 0. The summed E-state index contributed by atoms with van der Waals surface area (Å²) >= 11 is 5.76. The third-order valence-corrected chi connectivity index (χ3v) is 3.77. The lowest BCUT2D eigenvalue weighted by Gasteiger charge is -1.95. The first-order valence-electron chi connectivity index (χ1n) is 5.12. The molecule has 0 spiro atoms. The first-order chi connectivity index (χ1) is 8.22. The molecule has 0 unspecified atom stereocenters. The molecule has 0 saturated heterocycles. The van der Waals surface area contributed by atoms with E-state index in [0.29, 0.717) is 0 Å². The zero-order valence-electron chi connectivity index (χ0n) is 8.77. The molecule has 4 heteroatoms. The van der Waals surface area contributed by atoms with Gasteiger partial charge in [-0.3, -0.25) is 0 Å². The van der Waals surface area contributed by atoms with Crippen LogP contribution < -0.4 is 0 Å². The molecule has 3 aromatic rings. The molecule has 84 valence electrons. The second kappa shape index (κ2) is 4.42. The van der Waals surface area contributed by atoms with E-state index in [4.69, 9.17) is 0 Å². The van der Waals surface area contributed by atoms with E-state index in [1.54, 1.807) is 0 Å². The standard InChI is InChI=1S/C13H8BrIN2/c14-10-5-6-17-8-12(16-13(17)7-10)9-1-3-11(15)4-2-9/h1-8H. The van der Waals surface area contributed by atoms with Crippen molar-refractivity contribution in [2.45, 2.75) is 0 Å². The molecule has 2 nitrogen and oxygen atoms in total. The number of hydrogen-bond donors (Lipinski definition) is 0. The van der Waals surface area contributed by atoms with E-state index in [-0.39, 0.29) is 0 Å². The van der Waals surface area contributed by atoms with Crippen LogP contribution in [0.3, 0.4) is 0 Å². The summed E-state index contributed by atoms with van der Waals surface area (Å²) in [6.07, 6.45) is 4.05. The van der Waals surface area contributed by atoms with Gasteiger partial charge in [-0.25, -0.2) is 4.98 Å². The maximum absolute atomic E-state index is 4.60. The summed E-state index contributed by atoms with van der Waals surface area (Å²) in [5.41, 5.74) is 3.10. The molecule has 2 heterocycles. The molecule has 0 bridgehead atoms. The molecule has 0 aliphatic carbocycles. The van der Waals surface area contributed by atoms with Crippen molar-refractivity contribution in [1.82, 2.24) is 9.38 Å². The molecular weight excluding hydrogens is 391 g/mol. The monoisotopic (exact) mass is 398 g/mol. The molecule has 0 aliphatic rings. The van der Waals surface area contributed by atoms with Gasteiger partial charge in [-0.15, -0.1) is 0 Å². The first kappa shape index (κ1) is 11.2. The maximum atomic E-state index is 4.60. The highest BCUT2D eigenvalue weighted by Gasteiger charge is 2.04. The summed E-state index contributed by atoms with van der Waals surface area (Å²) in [5.74, 6) is 0. The third kappa shape index (κ3) is 2.24. The zero-order chi connectivity index (χ0) is 11.8. The zero-order valence-corrected chi connectivity index (χ0v) is 12.5. The predicted octanol–water partition coefficient (Wildman–Crippen LogP) is 4.37. The lowest BCUT2D eigenvalue weighted by Crippen LogP contribution is -1.79. The number of imidazole rings is 1. The summed E-state index contributed by atoms with van der Waals surface area (Å²) in [6, 6.07) is 12.4. The lowest BCUT2D eigenvalue weighted by molar-refractivity contribution is 1.18. The van der Waals surface area contributed by atoms with Crippen LogP contribution in [-0.4, -0.2) is 9.38 Å². The van der Waals surface area contributed by atoms with Gasteiger partial charge >= 0.3 is 0 Å². The van der Waals surface area contributed by atoms with Crippen molar-refractivity contribution in [3.05, 3.63) is 56.8 Å². The molecule has 3 rings (SSSR count). The van der Waals surface area contributed by atoms with Crippen molar-refractivity contribution in [3.8, 4) is 11.3 Å². The molecule has 0 atom stereocenters. The summed E-state index contributed by atoms with van der Waals surface area (Å²) in [4.78, 5) is 4.60. The van der Waals surface area contributed by atoms with E-state index in [1.165, 1.54) is 3.57 Å². The molecule has 0 aliphatic heterocycles. The van der Waals surface area contributed by atoms with Crippen molar-refractivity contribution in [2.75, 3.05) is 0 Å². The molecule has 0 amide bonds. The van der Waals surface area contributed by atoms with E-state index in [2.05, 4.69) is 67.8 Å². The second-order valence-electron chi connectivity index (χ2n) is 3.74. The summed E-state index contributed by atoms with van der Waals surface area (Å²) in [5, 5.41) is 0. The first-order valence-corrected chi connectivity index (χ1v) is 7.00. The molecular formula is C13H8BrIN2. The molecule has 0 radical (unpaired) electrons. The minimum Gasteiger partial charge on any atom is -0.306 e. The van der Waals surface area contributed by atoms with Crippen LogP contribution >= 0.6 is 38.5 Å². The summed E-state index contributed by atoms with van der Waals surface area (Å²) in [7, 11) is 0. The number of pyridine rings is 1.